The Hall–Kier alpha value is -2.58. The monoisotopic (exact) mass is 554 g/mol. The van der Waals surface area contributed by atoms with Gasteiger partial charge < -0.3 is 10.2 Å². The number of amides is 2. The van der Waals surface area contributed by atoms with Crippen molar-refractivity contribution < 1.29 is 9.59 Å². The first-order valence-corrected chi connectivity index (χ1v) is 13.9. The average Bonchev–Trinajstić information content (AvgIpc) is 3.56. The quantitative estimate of drug-likeness (QED) is 0.300. The largest absolute Gasteiger partial charge is 0.342 e. The number of nitrogens with zero attached hydrogens (tertiary/aromatic N) is 3. The number of anilines is 1. The van der Waals surface area contributed by atoms with Crippen molar-refractivity contribution in [1.82, 2.24) is 15.1 Å². The number of hydrogen-bond donors (Lipinski definition) is 1. The van der Waals surface area contributed by atoms with Crippen LogP contribution in [0.15, 0.2) is 59.1 Å². The summed E-state index contributed by atoms with van der Waals surface area (Å²) < 4.78 is 0.994. The number of rotatable bonds is 11. The van der Waals surface area contributed by atoms with E-state index in [9.17, 15) is 9.59 Å². The van der Waals surface area contributed by atoms with Gasteiger partial charge in [0.1, 0.15) is 5.01 Å². The Morgan fingerprint density at radius 3 is 2.46 bits per heavy atom. The molecule has 2 aromatic carbocycles. The van der Waals surface area contributed by atoms with Gasteiger partial charge in [0.2, 0.25) is 16.9 Å². The number of hydrogen-bond acceptors (Lipinski definition) is 5. The summed E-state index contributed by atoms with van der Waals surface area (Å²) in [4.78, 5) is 27.6. The van der Waals surface area contributed by atoms with Crippen molar-refractivity contribution in [3.8, 4) is 10.6 Å². The lowest BCUT2D eigenvalue weighted by Gasteiger charge is -2.23. The van der Waals surface area contributed by atoms with Crippen molar-refractivity contribution in [2.24, 2.45) is 5.92 Å². The smallest absolute Gasteiger partial charge is 0.227 e. The van der Waals surface area contributed by atoms with Gasteiger partial charge >= 0.3 is 0 Å². The summed E-state index contributed by atoms with van der Waals surface area (Å²) in [6, 6.07) is 18.0. The third-order valence-corrected chi connectivity index (χ3v) is 7.89. The number of nitrogens with one attached hydrogen (secondary N) is 1. The number of benzene rings is 2. The maximum Gasteiger partial charge on any atom is 0.227 e. The first kappa shape index (κ1) is 25.5. The van der Waals surface area contributed by atoms with E-state index < -0.39 is 0 Å². The summed E-state index contributed by atoms with van der Waals surface area (Å²) in [5, 5.41) is 12.4. The molecule has 35 heavy (non-hydrogen) atoms. The van der Waals surface area contributed by atoms with Gasteiger partial charge in [-0.2, -0.15) is 0 Å². The lowest BCUT2D eigenvalue weighted by molar-refractivity contribution is -0.131. The highest BCUT2D eigenvalue weighted by atomic mass is 79.9. The molecule has 1 aromatic heterocycles. The number of carbonyl (C=O) groups is 2. The van der Waals surface area contributed by atoms with Crippen LogP contribution in [-0.4, -0.2) is 40.0 Å². The molecule has 0 saturated heterocycles. The summed E-state index contributed by atoms with van der Waals surface area (Å²) in [5.74, 6) is 0.668. The lowest BCUT2D eigenvalue weighted by atomic mass is 10.0. The Morgan fingerprint density at radius 2 is 1.71 bits per heavy atom. The second-order valence-corrected chi connectivity index (χ2v) is 10.9. The van der Waals surface area contributed by atoms with Crippen molar-refractivity contribution >= 4 is 44.2 Å². The van der Waals surface area contributed by atoms with E-state index in [0.29, 0.717) is 30.6 Å². The van der Waals surface area contributed by atoms with Crippen LogP contribution >= 0.6 is 27.3 Å². The van der Waals surface area contributed by atoms with Gasteiger partial charge in [-0.05, 0) is 36.5 Å². The second-order valence-electron chi connectivity index (χ2n) is 9.02. The van der Waals surface area contributed by atoms with Crippen LogP contribution in [0.4, 0.5) is 5.13 Å². The molecule has 2 amide bonds. The molecule has 4 rings (SSSR count). The fourth-order valence-corrected chi connectivity index (χ4v) is 5.49. The van der Waals surface area contributed by atoms with E-state index in [2.05, 4.69) is 43.6 Å². The summed E-state index contributed by atoms with van der Waals surface area (Å²) in [5.41, 5.74) is 2.14. The predicted molar refractivity (Wildman–Crippen MR) is 144 cm³/mol. The molecule has 1 fully saturated rings. The first-order chi connectivity index (χ1) is 17.1. The Balaban J connectivity index is 1.31. The number of carbonyl (C=O) groups excluding carboxylic acids is 2. The molecule has 0 atom stereocenters. The molecule has 1 saturated carbocycles. The molecular weight excluding hydrogens is 524 g/mol. The normalized spacial score (nSPS) is 13.6. The van der Waals surface area contributed by atoms with Gasteiger partial charge in [-0.25, -0.2) is 0 Å². The van der Waals surface area contributed by atoms with E-state index in [-0.39, 0.29) is 18.2 Å². The van der Waals surface area contributed by atoms with E-state index in [1.165, 1.54) is 42.6 Å². The molecule has 3 aromatic rings. The SMILES string of the molecule is O=C(CCN(CCc1ccccc1)C(=O)CCC1CCCC1)Nc1nnc(-c2ccc(Br)cc2)s1. The summed E-state index contributed by atoms with van der Waals surface area (Å²) >= 11 is 4.77. The predicted octanol–water partition coefficient (Wildman–Crippen LogP) is 6.34. The Kier molecular flexibility index (Phi) is 9.42. The fourth-order valence-electron chi connectivity index (χ4n) is 4.46. The van der Waals surface area contributed by atoms with Crippen molar-refractivity contribution in [2.75, 3.05) is 18.4 Å². The van der Waals surface area contributed by atoms with Gasteiger partial charge in [0.25, 0.3) is 0 Å². The minimum Gasteiger partial charge on any atom is -0.342 e. The van der Waals surface area contributed by atoms with Gasteiger partial charge in [-0.3, -0.25) is 9.59 Å². The third kappa shape index (κ3) is 7.97. The van der Waals surface area contributed by atoms with Crippen LogP contribution < -0.4 is 5.32 Å². The molecule has 0 radical (unpaired) electrons. The fraction of sp³-hybridized carbons (Fsp3) is 0.407. The molecule has 184 valence electrons. The van der Waals surface area contributed by atoms with Gasteiger partial charge in [0, 0.05) is 36.0 Å². The molecule has 0 bridgehead atoms. The molecule has 0 aliphatic heterocycles. The average molecular weight is 556 g/mol. The molecule has 1 heterocycles. The maximum atomic E-state index is 13.0. The molecule has 0 spiro atoms. The first-order valence-electron chi connectivity index (χ1n) is 12.3. The Labute approximate surface area is 219 Å². The van der Waals surface area contributed by atoms with Crippen LogP contribution in [0, 0.1) is 5.92 Å². The van der Waals surface area contributed by atoms with Gasteiger partial charge in [-0.1, -0.05) is 95.4 Å². The topological polar surface area (TPSA) is 75.2 Å². The highest BCUT2D eigenvalue weighted by Crippen LogP contribution is 2.29. The highest BCUT2D eigenvalue weighted by Gasteiger charge is 2.20. The van der Waals surface area contributed by atoms with Crippen LogP contribution in [-0.2, 0) is 16.0 Å². The minimum atomic E-state index is -0.156. The van der Waals surface area contributed by atoms with Crippen molar-refractivity contribution in [1.29, 1.82) is 0 Å². The third-order valence-electron chi connectivity index (χ3n) is 6.48. The summed E-state index contributed by atoms with van der Waals surface area (Å²) in [7, 11) is 0. The molecule has 1 N–H and O–H groups in total. The zero-order valence-corrected chi connectivity index (χ0v) is 22.2. The molecular formula is C27H31BrN4O2S. The van der Waals surface area contributed by atoms with Gasteiger partial charge in [0.05, 0.1) is 0 Å². The number of halogens is 1. The van der Waals surface area contributed by atoms with Crippen LogP contribution in [0.3, 0.4) is 0 Å². The zero-order valence-electron chi connectivity index (χ0n) is 19.8. The van der Waals surface area contributed by atoms with Crippen molar-refractivity contribution in [3.05, 3.63) is 64.6 Å². The molecule has 0 unspecified atom stereocenters. The van der Waals surface area contributed by atoms with Crippen LogP contribution in [0.25, 0.3) is 10.6 Å². The second kappa shape index (κ2) is 12.9. The highest BCUT2D eigenvalue weighted by molar-refractivity contribution is 9.10. The summed E-state index contributed by atoms with van der Waals surface area (Å²) in [6.07, 6.45) is 7.58. The molecule has 1 aliphatic carbocycles. The standard InChI is InChI=1S/C27H31BrN4O2S/c28-23-13-11-22(12-14-23)26-30-31-27(35-26)29-24(33)17-19-32(18-16-21-6-2-1-3-7-21)25(34)15-10-20-8-4-5-9-20/h1-3,6-7,11-14,20H,4-5,8-10,15-19H2,(H,29,31,33). The van der Waals surface area contributed by atoms with E-state index in [4.69, 9.17) is 0 Å². The van der Waals surface area contributed by atoms with E-state index >= 15 is 0 Å². The molecule has 6 nitrogen and oxygen atoms in total. The lowest BCUT2D eigenvalue weighted by Crippen LogP contribution is -2.35. The maximum absolute atomic E-state index is 13.0. The zero-order chi connectivity index (χ0) is 24.5. The molecule has 8 heteroatoms. The van der Waals surface area contributed by atoms with Crippen LogP contribution in [0.5, 0.6) is 0 Å². The van der Waals surface area contributed by atoms with Gasteiger partial charge in [-0.15, -0.1) is 10.2 Å². The van der Waals surface area contributed by atoms with Crippen molar-refractivity contribution in [3.63, 3.8) is 0 Å². The Bertz CT molecular complexity index is 1100. The minimum absolute atomic E-state index is 0.147. The number of aromatic nitrogens is 2. The molecule has 1 aliphatic rings. The van der Waals surface area contributed by atoms with E-state index in [1.807, 2.05) is 47.4 Å². The van der Waals surface area contributed by atoms with E-state index in [1.54, 1.807) is 0 Å². The van der Waals surface area contributed by atoms with Gasteiger partial charge in [0.15, 0.2) is 0 Å². The van der Waals surface area contributed by atoms with Crippen LogP contribution in [0.2, 0.25) is 0 Å². The van der Waals surface area contributed by atoms with E-state index in [0.717, 1.165) is 27.9 Å². The van der Waals surface area contributed by atoms with Crippen molar-refractivity contribution in [2.45, 2.75) is 51.4 Å². The summed E-state index contributed by atoms with van der Waals surface area (Å²) in [6.45, 7) is 1.02. The van der Waals surface area contributed by atoms with Crippen LogP contribution in [0.1, 0.15) is 50.5 Å². The Morgan fingerprint density at radius 1 is 0.971 bits per heavy atom.